The number of rotatable bonds is 2. The van der Waals surface area contributed by atoms with Crippen LogP contribution in [-0.2, 0) is 4.74 Å². The Balaban J connectivity index is 2.15. The Labute approximate surface area is 114 Å². The summed E-state index contributed by atoms with van der Waals surface area (Å²) in [6.07, 6.45) is 1.10. The van der Waals surface area contributed by atoms with Gasteiger partial charge in [-0.1, -0.05) is 6.92 Å². The molecule has 4 heteroatoms. The van der Waals surface area contributed by atoms with E-state index in [2.05, 4.69) is 6.92 Å². The van der Waals surface area contributed by atoms with Crippen molar-refractivity contribution in [3.05, 3.63) is 29.3 Å². The standard InChI is InChI=1S/C15H22N2O2/c1-10-6-12(8-13(16)7-10)15(18)17-5-4-11(2)14(9-17)19-3/h6-8,11,14H,4-5,9,16H2,1-3H3. The van der Waals surface area contributed by atoms with Gasteiger partial charge < -0.3 is 15.4 Å². The molecule has 0 bridgehead atoms. The van der Waals surface area contributed by atoms with Crippen molar-refractivity contribution in [2.75, 3.05) is 25.9 Å². The maximum absolute atomic E-state index is 12.5. The lowest BCUT2D eigenvalue weighted by atomic mass is 9.95. The van der Waals surface area contributed by atoms with E-state index >= 15 is 0 Å². The Kier molecular flexibility index (Phi) is 4.10. The molecule has 2 N–H and O–H groups in total. The van der Waals surface area contributed by atoms with E-state index in [9.17, 15) is 4.79 Å². The van der Waals surface area contributed by atoms with E-state index in [1.54, 1.807) is 13.2 Å². The monoisotopic (exact) mass is 262 g/mol. The molecule has 0 saturated carbocycles. The smallest absolute Gasteiger partial charge is 0.254 e. The highest BCUT2D eigenvalue weighted by Gasteiger charge is 2.29. The zero-order chi connectivity index (χ0) is 14.0. The number of piperidine rings is 1. The molecule has 19 heavy (non-hydrogen) atoms. The van der Waals surface area contributed by atoms with Crippen molar-refractivity contribution in [3.63, 3.8) is 0 Å². The van der Waals surface area contributed by atoms with Gasteiger partial charge in [-0.25, -0.2) is 0 Å². The summed E-state index contributed by atoms with van der Waals surface area (Å²) in [4.78, 5) is 14.4. The van der Waals surface area contributed by atoms with Gasteiger partial charge >= 0.3 is 0 Å². The lowest BCUT2D eigenvalue weighted by Crippen LogP contribution is -2.46. The summed E-state index contributed by atoms with van der Waals surface area (Å²) < 4.78 is 5.45. The second kappa shape index (κ2) is 5.61. The first kappa shape index (κ1) is 13.9. The molecule has 1 fully saturated rings. The molecule has 2 atom stereocenters. The molecule has 1 aliphatic rings. The Morgan fingerprint density at radius 2 is 2.16 bits per heavy atom. The predicted octanol–water partition coefficient (Wildman–Crippen LogP) is 2.07. The minimum atomic E-state index is 0.0457. The van der Waals surface area contributed by atoms with Crippen molar-refractivity contribution in [1.82, 2.24) is 4.90 Å². The first-order valence-corrected chi connectivity index (χ1v) is 6.70. The quantitative estimate of drug-likeness (QED) is 0.830. The summed E-state index contributed by atoms with van der Waals surface area (Å²) >= 11 is 0. The highest BCUT2D eigenvalue weighted by molar-refractivity contribution is 5.95. The second-order valence-corrected chi connectivity index (χ2v) is 5.42. The van der Waals surface area contributed by atoms with Crippen LogP contribution in [0.2, 0.25) is 0 Å². The van der Waals surface area contributed by atoms with Crippen LogP contribution in [0.25, 0.3) is 0 Å². The number of ether oxygens (including phenoxy) is 1. The van der Waals surface area contributed by atoms with Crippen LogP contribution in [0.5, 0.6) is 0 Å². The second-order valence-electron chi connectivity index (χ2n) is 5.42. The predicted molar refractivity (Wildman–Crippen MR) is 76.1 cm³/mol. The normalized spacial score (nSPS) is 23.4. The minimum Gasteiger partial charge on any atom is -0.399 e. The van der Waals surface area contributed by atoms with Crippen molar-refractivity contribution in [2.24, 2.45) is 5.92 Å². The molecule has 0 aromatic heterocycles. The number of methoxy groups -OCH3 is 1. The molecule has 1 aliphatic heterocycles. The molecule has 1 amide bonds. The number of carbonyl (C=O) groups is 1. The number of hydrogen-bond donors (Lipinski definition) is 1. The van der Waals surface area contributed by atoms with Gasteiger partial charge in [0, 0.05) is 31.5 Å². The topological polar surface area (TPSA) is 55.6 Å². The van der Waals surface area contributed by atoms with Gasteiger partial charge in [-0.2, -0.15) is 0 Å². The molecular weight excluding hydrogens is 240 g/mol. The highest BCUT2D eigenvalue weighted by atomic mass is 16.5. The third-order valence-corrected chi connectivity index (χ3v) is 3.83. The van der Waals surface area contributed by atoms with Crippen LogP contribution in [0.15, 0.2) is 18.2 Å². The first-order chi connectivity index (χ1) is 9.01. The average Bonchev–Trinajstić information content (AvgIpc) is 2.37. The molecule has 1 saturated heterocycles. The molecule has 104 valence electrons. The summed E-state index contributed by atoms with van der Waals surface area (Å²) in [5.41, 5.74) is 8.12. The van der Waals surface area contributed by atoms with E-state index in [4.69, 9.17) is 10.5 Å². The number of benzene rings is 1. The van der Waals surface area contributed by atoms with Crippen LogP contribution in [0.4, 0.5) is 5.69 Å². The molecular formula is C15H22N2O2. The number of anilines is 1. The van der Waals surface area contributed by atoms with Gasteiger partial charge in [0.1, 0.15) is 0 Å². The summed E-state index contributed by atoms with van der Waals surface area (Å²) in [7, 11) is 1.71. The van der Waals surface area contributed by atoms with Crippen molar-refractivity contribution in [2.45, 2.75) is 26.4 Å². The molecule has 2 rings (SSSR count). The lowest BCUT2D eigenvalue weighted by molar-refractivity contribution is -0.00156. The van der Waals surface area contributed by atoms with E-state index in [0.717, 1.165) is 18.5 Å². The van der Waals surface area contributed by atoms with E-state index in [1.807, 2.05) is 24.0 Å². The molecule has 0 spiro atoms. The first-order valence-electron chi connectivity index (χ1n) is 6.70. The highest BCUT2D eigenvalue weighted by Crippen LogP contribution is 2.22. The summed E-state index contributed by atoms with van der Waals surface area (Å²) in [6, 6.07) is 5.50. The fourth-order valence-electron chi connectivity index (χ4n) is 2.64. The maximum Gasteiger partial charge on any atom is 0.254 e. The third-order valence-electron chi connectivity index (χ3n) is 3.83. The lowest BCUT2D eigenvalue weighted by Gasteiger charge is -2.36. The number of amides is 1. The number of likely N-dealkylation sites (tertiary alicyclic amines) is 1. The Bertz CT molecular complexity index is 453. The van der Waals surface area contributed by atoms with Gasteiger partial charge in [0.25, 0.3) is 5.91 Å². The largest absolute Gasteiger partial charge is 0.399 e. The van der Waals surface area contributed by atoms with E-state index < -0.39 is 0 Å². The molecule has 2 unspecified atom stereocenters. The third kappa shape index (κ3) is 3.07. The van der Waals surface area contributed by atoms with Crippen molar-refractivity contribution in [3.8, 4) is 0 Å². The van der Waals surface area contributed by atoms with Crippen LogP contribution in [-0.4, -0.2) is 37.1 Å². The molecule has 4 nitrogen and oxygen atoms in total. The molecule has 1 heterocycles. The number of aryl methyl sites for hydroxylation is 1. The summed E-state index contributed by atoms with van der Waals surface area (Å²) in [6.45, 7) is 5.56. The van der Waals surface area contributed by atoms with Gasteiger partial charge in [-0.05, 0) is 43.0 Å². The van der Waals surface area contributed by atoms with Gasteiger partial charge in [0.15, 0.2) is 0 Å². The van der Waals surface area contributed by atoms with Crippen molar-refractivity contribution < 1.29 is 9.53 Å². The molecule has 1 aromatic carbocycles. The van der Waals surface area contributed by atoms with Crippen LogP contribution in [0.1, 0.15) is 29.3 Å². The van der Waals surface area contributed by atoms with E-state index in [0.29, 0.717) is 23.7 Å². The SMILES string of the molecule is COC1CN(C(=O)c2cc(C)cc(N)c2)CCC1C. The van der Waals surface area contributed by atoms with Gasteiger partial charge in [-0.3, -0.25) is 4.79 Å². The van der Waals surface area contributed by atoms with Crippen molar-refractivity contribution in [1.29, 1.82) is 0 Å². The van der Waals surface area contributed by atoms with Crippen LogP contribution in [0.3, 0.4) is 0 Å². The molecule has 1 aromatic rings. The Morgan fingerprint density at radius 3 is 2.79 bits per heavy atom. The fraction of sp³-hybridized carbons (Fsp3) is 0.533. The number of nitrogens with two attached hydrogens (primary N) is 1. The average molecular weight is 262 g/mol. The van der Waals surface area contributed by atoms with Gasteiger partial charge in [0.05, 0.1) is 6.10 Å². The zero-order valence-corrected chi connectivity index (χ0v) is 11.8. The molecule has 0 aliphatic carbocycles. The number of nitrogen functional groups attached to an aromatic ring is 1. The van der Waals surface area contributed by atoms with Gasteiger partial charge in [-0.15, -0.1) is 0 Å². The van der Waals surface area contributed by atoms with Gasteiger partial charge in [0.2, 0.25) is 0 Å². The fourth-order valence-corrected chi connectivity index (χ4v) is 2.64. The van der Waals surface area contributed by atoms with Crippen LogP contribution in [0, 0.1) is 12.8 Å². The summed E-state index contributed by atoms with van der Waals surface area (Å²) in [5.74, 6) is 0.543. The van der Waals surface area contributed by atoms with Crippen molar-refractivity contribution >= 4 is 11.6 Å². The Hall–Kier alpha value is -1.55. The van der Waals surface area contributed by atoms with Crippen LogP contribution < -0.4 is 5.73 Å². The maximum atomic E-state index is 12.5. The minimum absolute atomic E-state index is 0.0457. The Morgan fingerprint density at radius 1 is 1.42 bits per heavy atom. The molecule has 0 radical (unpaired) electrons. The van der Waals surface area contributed by atoms with E-state index in [-0.39, 0.29) is 12.0 Å². The summed E-state index contributed by atoms with van der Waals surface area (Å²) in [5, 5.41) is 0. The van der Waals surface area contributed by atoms with E-state index in [1.165, 1.54) is 0 Å². The number of hydrogen-bond acceptors (Lipinski definition) is 3. The number of carbonyl (C=O) groups excluding carboxylic acids is 1. The zero-order valence-electron chi connectivity index (χ0n) is 11.8. The van der Waals surface area contributed by atoms with Crippen LogP contribution >= 0.6 is 0 Å². The number of nitrogens with zero attached hydrogens (tertiary/aromatic N) is 1.